The number of halogens is 1. The van der Waals surface area contributed by atoms with E-state index in [2.05, 4.69) is 5.32 Å². The van der Waals surface area contributed by atoms with Gasteiger partial charge in [-0.2, -0.15) is 0 Å². The van der Waals surface area contributed by atoms with E-state index in [0.717, 1.165) is 5.56 Å². The van der Waals surface area contributed by atoms with E-state index in [9.17, 15) is 9.18 Å². The molecule has 0 unspecified atom stereocenters. The van der Waals surface area contributed by atoms with Crippen LogP contribution in [-0.2, 0) is 0 Å². The molecule has 0 bridgehead atoms. The minimum Gasteiger partial charge on any atom is -0.448 e. The Balaban J connectivity index is 1.96. The summed E-state index contributed by atoms with van der Waals surface area (Å²) in [5.41, 5.74) is 2.53. The summed E-state index contributed by atoms with van der Waals surface area (Å²) >= 11 is 0. The van der Waals surface area contributed by atoms with Crippen LogP contribution in [0.1, 0.15) is 21.7 Å². The molecule has 0 fully saturated rings. The molecule has 3 rings (SSSR count). The summed E-state index contributed by atoms with van der Waals surface area (Å²) in [6.45, 7) is 3.72. The lowest BCUT2D eigenvalue weighted by Gasteiger charge is -2.04. The lowest BCUT2D eigenvalue weighted by atomic mass is 10.1. The zero-order valence-corrected chi connectivity index (χ0v) is 11.7. The van der Waals surface area contributed by atoms with Crippen molar-refractivity contribution >= 4 is 22.6 Å². The number of aryl methyl sites for hydroxylation is 2. The fourth-order valence-corrected chi connectivity index (χ4v) is 2.25. The third-order valence-corrected chi connectivity index (χ3v) is 3.43. The van der Waals surface area contributed by atoms with Gasteiger partial charge in [0.2, 0.25) is 0 Å². The van der Waals surface area contributed by atoms with Crippen LogP contribution in [0.4, 0.5) is 10.1 Å². The highest BCUT2D eigenvalue weighted by Crippen LogP contribution is 2.27. The van der Waals surface area contributed by atoms with Crippen LogP contribution in [0.25, 0.3) is 11.0 Å². The molecule has 0 saturated carbocycles. The molecule has 106 valence electrons. The van der Waals surface area contributed by atoms with Crippen molar-refractivity contribution < 1.29 is 13.6 Å². The molecular weight excluding hydrogens is 269 g/mol. The largest absolute Gasteiger partial charge is 0.448 e. The van der Waals surface area contributed by atoms with Crippen molar-refractivity contribution in [3.8, 4) is 0 Å². The first-order valence-electron chi connectivity index (χ1n) is 6.62. The Kier molecular flexibility index (Phi) is 3.22. The van der Waals surface area contributed by atoms with Gasteiger partial charge in [0, 0.05) is 16.6 Å². The smallest absolute Gasteiger partial charge is 0.291 e. The van der Waals surface area contributed by atoms with Gasteiger partial charge >= 0.3 is 0 Å². The molecule has 0 aliphatic carbocycles. The van der Waals surface area contributed by atoms with E-state index >= 15 is 0 Å². The second-order valence-electron chi connectivity index (χ2n) is 4.99. The topological polar surface area (TPSA) is 42.2 Å². The van der Waals surface area contributed by atoms with E-state index < -0.39 is 5.82 Å². The maximum Gasteiger partial charge on any atom is 0.291 e. The van der Waals surface area contributed by atoms with Crippen LogP contribution in [0, 0.1) is 19.7 Å². The van der Waals surface area contributed by atoms with Gasteiger partial charge in [-0.3, -0.25) is 4.79 Å². The summed E-state index contributed by atoms with van der Waals surface area (Å²) in [5, 5.41) is 3.37. The summed E-state index contributed by atoms with van der Waals surface area (Å²) in [6, 6.07) is 12.1. The fourth-order valence-electron chi connectivity index (χ4n) is 2.25. The van der Waals surface area contributed by atoms with E-state index in [4.69, 9.17) is 4.42 Å². The third-order valence-electron chi connectivity index (χ3n) is 3.43. The summed E-state index contributed by atoms with van der Waals surface area (Å²) in [6.07, 6.45) is 0. The number of nitrogens with one attached hydrogen (secondary N) is 1. The predicted octanol–water partition coefficient (Wildman–Crippen LogP) is 4.44. The second-order valence-corrected chi connectivity index (χ2v) is 4.99. The van der Waals surface area contributed by atoms with Crippen molar-refractivity contribution in [3.63, 3.8) is 0 Å². The number of anilines is 1. The van der Waals surface area contributed by atoms with Gasteiger partial charge in [-0.15, -0.1) is 0 Å². The van der Waals surface area contributed by atoms with Crippen LogP contribution in [0.2, 0.25) is 0 Å². The summed E-state index contributed by atoms with van der Waals surface area (Å²) in [4.78, 5) is 12.3. The molecule has 1 heterocycles. The Morgan fingerprint density at radius 2 is 1.81 bits per heavy atom. The number of para-hydroxylation sites is 1. The zero-order chi connectivity index (χ0) is 15.0. The summed E-state index contributed by atoms with van der Waals surface area (Å²) < 4.78 is 19.1. The number of rotatable bonds is 2. The van der Waals surface area contributed by atoms with Crippen molar-refractivity contribution in [1.29, 1.82) is 0 Å². The molecule has 0 radical (unpaired) electrons. The van der Waals surface area contributed by atoms with Crippen LogP contribution in [0.15, 0.2) is 46.9 Å². The summed E-state index contributed by atoms with van der Waals surface area (Å²) in [5.74, 6) is -0.715. The molecule has 21 heavy (non-hydrogen) atoms. The molecule has 0 spiro atoms. The maximum atomic E-state index is 13.7. The van der Waals surface area contributed by atoms with Crippen LogP contribution >= 0.6 is 0 Å². The van der Waals surface area contributed by atoms with Crippen LogP contribution in [-0.4, -0.2) is 5.91 Å². The normalized spacial score (nSPS) is 10.8. The average Bonchev–Trinajstić information content (AvgIpc) is 2.81. The first-order valence-corrected chi connectivity index (χ1v) is 6.62. The number of carbonyl (C=O) groups excluding carboxylic acids is 1. The standard InChI is InChI=1S/C17H14FNO2/c1-10-6-8-12(9-7-10)19-17(20)15-11(2)13-4-3-5-14(18)16(13)21-15/h3-9H,1-2H3,(H,19,20). The van der Waals surface area contributed by atoms with Gasteiger partial charge in [-0.25, -0.2) is 4.39 Å². The minimum absolute atomic E-state index is 0.115. The Hall–Kier alpha value is -2.62. The minimum atomic E-state index is -0.468. The average molecular weight is 283 g/mol. The number of benzene rings is 2. The lowest BCUT2D eigenvalue weighted by molar-refractivity contribution is 0.0997. The van der Waals surface area contributed by atoms with Crippen molar-refractivity contribution in [1.82, 2.24) is 0 Å². The molecule has 1 N–H and O–H groups in total. The highest BCUT2D eigenvalue weighted by atomic mass is 19.1. The molecule has 3 nitrogen and oxygen atoms in total. The Labute approximate surface area is 121 Å². The van der Waals surface area contributed by atoms with E-state index in [1.807, 2.05) is 31.2 Å². The Morgan fingerprint density at radius 1 is 1.10 bits per heavy atom. The molecule has 0 saturated heterocycles. The fraction of sp³-hybridized carbons (Fsp3) is 0.118. The van der Waals surface area contributed by atoms with Gasteiger partial charge in [0.1, 0.15) is 0 Å². The number of amides is 1. The quantitative estimate of drug-likeness (QED) is 0.755. The molecule has 0 aliphatic heterocycles. The molecular formula is C17H14FNO2. The molecule has 2 aromatic carbocycles. The van der Waals surface area contributed by atoms with Gasteiger partial charge in [0.05, 0.1) is 0 Å². The molecule has 1 aromatic heterocycles. The molecule has 0 atom stereocenters. The maximum absolute atomic E-state index is 13.7. The van der Waals surface area contributed by atoms with Crippen molar-refractivity contribution in [3.05, 3.63) is 65.2 Å². The zero-order valence-electron chi connectivity index (χ0n) is 11.7. The van der Waals surface area contributed by atoms with Crippen LogP contribution in [0.5, 0.6) is 0 Å². The van der Waals surface area contributed by atoms with E-state index in [1.165, 1.54) is 6.07 Å². The molecule has 0 aliphatic rings. The Morgan fingerprint density at radius 3 is 2.48 bits per heavy atom. The molecule has 1 amide bonds. The number of furan rings is 1. The van der Waals surface area contributed by atoms with Crippen LogP contribution in [0.3, 0.4) is 0 Å². The van der Waals surface area contributed by atoms with E-state index in [1.54, 1.807) is 19.1 Å². The first-order chi connectivity index (χ1) is 10.1. The van der Waals surface area contributed by atoms with Crippen LogP contribution < -0.4 is 5.32 Å². The number of hydrogen-bond acceptors (Lipinski definition) is 2. The first kappa shape index (κ1) is 13.4. The van der Waals surface area contributed by atoms with Gasteiger partial charge < -0.3 is 9.73 Å². The van der Waals surface area contributed by atoms with Crippen molar-refractivity contribution in [2.45, 2.75) is 13.8 Å². The van der Waals surface area contributed by atoms with Gasteiger partial charge in [-0.05, 0) is 32.0 Å². The highest BCUT2D eigenvalue weighted by molar-refractivity contribution is 6.06. The molecule has 4 heteroatoms. The lowest BCUT2D eigenvalue weighted by Crippen LogP contribution is -2.11. The molecule has 3 aromatic rings. The monoisotopic (exact) mass is 283 g/mol. The van der Waals surface area contributed by atoms with E-state index in [-0.39, 0.29) is 17.3 Å². The summed E-state index contributed by atoms with van der Waals surface area (Å²) in [7, 11) is 0. The predicted molar refractivity (Wildman–Crippen MR) is 80.0 cm³/mol. The Bertz CT molecular complexity index is 819. The van der Waals surface area contributed by atoms with Crippen molar-refractivity contribution in [2.75, 3.05) is 5.32 Å². The highest BCUT2D eigenvalue weighted by Gasteiger charge is 2.19. The van der Waals surface area contributed by atoms with Gasteiger partial charge in [0.15, 0.2) is 17.2 Å². The van der Waals surface area contributed by atoms with Gasteiger partial charge in [0.25, 0.3) is 5.91 Å². The number of carbonyl (C=O) groups is 1. The second kappa shape index (κ2) is 5.05. The number of fused-ring (bicyclic) bond motifs is 1. The van der Waals surface area contributed by atoms with E-state index in [0.29, 0.717) is 16.6 Å². The van der Waals surface area contributed by atoms with Crippen molar-refractivity contribution in [2.24, 2.45) is 0 Å². The van der Waals surface area contributed by atoms with Gasteiger partial charge in [-0.1, -0.05) is 29.8 Å². The third kappa shape index (κ3) is 2.40. The SMILES string of the molecule is Cc1ccc(NC(=O)c2oc3c(F)cccc3c2C)cc1. The number of hydrogen-bond donors (Lipinski definition) is 1.